The van der Waals surface area contributed by atoms with Gasteiger partial charge in [0.1, 0.15) is 6.61 Å². The molecule has 0 aromatic heterocycles. The molecule has 1 amide bonds. The lowest BCUT2D eigenvalue weighted by Gasteiger charge is -2.16. The molecule has 0 aliphatic carbocycles. The first-order valence-electron chi connectivity index (χ1n) is 7.90. The van der Waals surface area contributed by atoms with Crippen LogP contribution < -0.4 is 5.32 Å². The number of hydrogen-bond donors (Lipinski definition) is 1. The van der Waals surface area contributed by atoms with Crippen molar-refractivity contribution in [1.82, 2.24) is 0 Å². The van der Waals surface area contributed by atoms with Gasteiger partial charge in [-0.2, -0.15) is 0 Å². The van der Waals surface area contributed by atoms with Gasteiger partial charge in [-0.15, -0.1) is 0 Å². The number of benzene rings is 2. The summed E-state index contributed by atoms with van der Waals surface area (Å²) in [5.41, 5.74) is 2.90. The topological polar surface area (TPSA) is 55.4 Å². The summed E-state index contributed by atoms with van der Waals surface area (Å²) < 4.78 is 5.19. The fourth-order valence-electron chi connectivity index (χ4n) is 2.13. The monoisotopic (exact) mass is 325 g/mol. The SMILES string of the molecule is Cc1ccc(NC(=O)OCc2ccc(C(=O)C(C)(C)C)cc2)cc1. The third kappa shape index (κ3) is 4.95. The minimum atomic E-state index is -0.506. The van der Waals surface area contributed by atoms with E-state index in [0.717, 1.165) is 11.1 Å². The van der Waals surface area contributed by atoms with E-state index in [-0.39, 0.29) is 12.4 Å². The van der Waals surface area contributed by atoms with Crippen LogP contribution >= 0.6 is 0 Å². The molecule has 0 aliphatic rings. The van der Waals surface area contributed by atoms with E-state index in [0.29, 0.717) is 11.3 Å². The highest BCUT2D eigenvalue weighted by molar-refractivity contribution is 5.99. The predicted octanol–water partition coefficient (Wildman–Crippen LogP) is 4.97. The van der Waals surface area contributed by atoms with Crippen molar-refractivity contribution < 1.29 is 14.3 Å². The lowest BCUT2D eigenvalue weighted by atomic mass is 9.86. The predicted molar refractivity (Wildman–Crippen MR) is 95.2 cm³/mol. The molecule has 126 valence electrons. The van der Waals surface area contributed by atoms with Crippen LogP contribution in [0.3, 0.4) is 0 Å². The fraction of sp³-hybridized carbons (Fsp3) is 0.300. The zero-order valence-corrected chi connectivity index (χ0v) is 14.6. The van der Waals surface area contributed by atoms with Gasteiger partial charge in [-0.05, 0) is 24.6 Å². The molecule has 1 N–H and O–H groups in total. The third-order valence-corrected chi connectivity index (χ3v) is 3.57. The summed E-state index contributed by atoms with van der Waals surface area (Å²) in [6, 6.07) is 14.6. The number of amides is 1. The third-order valence-electron chi connectivity index (χ3n) is 3.57. The zero-order valence-electron chi connectivity index (χ0n) is 14.6. The van der Waals surface area contributed by atoms with Crippen LogP contribution in [0.25, 0.3) is 0 Å². The van der Waals surface area contributed by atoms with Crippen LogP contribution in [-0.2, 0) is 11.3 Å². The van der Waals surface area contributed by atoms with Crippen molar-refractivity contribution in [2.45, 2.75) is 34.3 Å². The van der Waals surface area contributed by atoms with Gasteiger partial charge in [0.05, 0.1) is 0 Å². The first-order chi connectivity index (χ1) is 11.3. The van der Waals surface area contributed by atoms with Gasteiger partial charge in [-0.25, -0.2) is 4.79 Å². The van der Waals surface area contributed by atoms with Crippen molar-refractivity contribution >= 4 is 17.6 Å². The molecular formula is C20H23NO3. The molecule has 4 heteroatoms. The molecule has 0 aliphatic heterocycles. The minimum Gasteiger partial charge on any atom is -0.444 e. The Morgan fingerprint density at radius 1 is 0.958 bits per heavy atom. The maximum atomic E-state index is 12.2. The molecule has 0 spiro atoms. The molecule has 2 aromatic carbocycles. The second kappa shape index (κ2) is 7.30. The highest BCUT2D eigenvalue weighted by Gasteiger charge is 2.22. The van der Waals surface area contributed by atoms with E-state index >= 15 is 0 Å². The minimum absolute atomic E-state index is 0.0899. The molecule has 0 radical (unpaired) electrons. The maximum Gasteiger partial charge on any atom is 0.411 e. The number of carbonyl (C=O) groups is 2. The Balaban J connectivity index is 1.89. The molecule has 0 unspecified atom stereocenters. The van der Waals surface area contributed by atoms with Crippen molar-refractivity contribution in [2.24, 2.45) is 5.41 Å². The molecule has 2 rings (SSSR count). The molecular weight excluding hydrogens is 302 g/mol. The van der Waals surface area contributed by atoms with E-state index in [1.54, 1.807) is 24.3 Å². The van der Waals surface area contributed by atoms with Crippen molar-refractivity contribution in [3.8, 4) is 0 Å². The second-order valence-corrected chi connectivity index (χ2v) is 6.84. The van der Waals surface area contributed by atoms with Crippen LogP contribution in [0.2, 0.25) is 0 Å². The van der Waals surface area contributed by atoms with Crippen LogP contribution in [0.4, 0.5) is 10.5 Å². The molecule has 2 aromatic rings. The maximum absolute atomic E-state index is 12.2. The summed E-state index contributed by atoms with van der Waals surface area (Å²) in [6.45, 7) is 7.81. The highest BCUT2D eigenvalue weighted by atomic mass is 16.5. The summed E-state index contributed by atoms with van der Waals surface area (Å²) in [7, 11) is 0. The Kier molecular flexibility index (Phi) is 5.39. The standard InChI is InChI=1S/C20H23NO3/c1-14-5-11-17(12-6-14)21-19(23)24-13-15-7-9-16(10-8-15)18(22)20(2,3)4/h5-12H,13H2,1-4H3,(H,21,23). The smallest absolute Gasteiger partial charge is 0.411 e. The molecule has 0 saturated heterocycles. The Bertz CT molecular complexity index is 710. The van der Waals surface area contributed by atoms with Gasteiger partial charge in [-0.1, -0.05) is 62.7 Å². The quantitative estimate of drug-likeness (QED) is 0.807. The summed E-state index contributed by atoms with van der Waals surface area (Å²) in [6.07, 6.45) is -0.506. The van der Waals surface area contributed by atoms with Gasteiger partial charge in [0.2, 0.25) is 0 Å². The van der Waals surface area contributed by atoms with Gasteiger partial charge in [0.25, 0.3) is 0 Å². The normalized spacial score (nSPS) is 11.0. The van der Waals surface area contributed by atoms with Crippen LogP contribution in [0.1, 0.15) is 42.3 Å². The Hall–Kier alpha value is -2.62. The Labute approximate surface area is 142 Å². The molecule has 0 fully saturated rings. The van der Waals surface area contributed by atoms with Crippen molar-refractivity contribution in [3.63, 3.8) is 0 Å². The van der Waals surface area contributed by atoms with Gasteiger partial charge in [0, 0.05) is 16.7 Å². The number of anilines is 1. The number of nitrogens with one attached hydrogen (secondary N) is 1. The van der Waals surface area contributed by atoms with E-state index in [2.05, 4.69) is 5.32 Å². The fourth-order valence-corrected chi connectivity index (χ4v) is 2.13. The average molecular weight is 325 g/mol. The molecule has 24 heavy (non-hydrogen) atoms. The Morgan fingerprint density at radius 3 is 2.08 bits per heavy atom. The number of hydrogen-bond acceptors (Lipinski definition) is 3. The lowest BCUT2D eigenvalue weighted by Crippen LogP contribution is -2.20. The number of Topliss-reactive ketones (excluding diaryl/α,β-unsaturated/α-hetero) is 1. The second-order valence-electron chi connectivity index (χ2n) is 6.84. The van der Waals surface area contributed by atoms with E-state index < -0.39 is 11.5 Å². The molecule has 0 bridgehead atoms. The van der Waals surface area contributed by atoms with Gasteiger partial charge < -0.3 is 4.74 Å². The number of aryl methyl sites for hydroxylation is 1. The first kappa shape index (κ1) is 17.7. The first-order valence-corrected chi connectivity index (χ1v) is 7.90. The number of rotatable bonds is 4. The molecule has 0 saturated carbocycles. The van der Waals surface area contributed by atoms with E-state index in [4.69, 9.17) is 4.74 Å². The highest BCUT2D eigenvalue weighted by Crippen LogP contribution is 2.21. The summed E-state index contributed by atoms with van der Waals surface area (Å²) in [5, 5.41) is 2.67. The zero-order chi connectivity index (χ0) is 17.7. The van der Waals surface area contributed by atoms with Gasteiger partial charge >= 0.3 is 6.09 Å². The number of carbonyl (C=O) groups excluding carboxylic acids is 2. The van der Waals surface area contributed by atoms with Gasteiger partial charge in [0.15, 0.2) is 5.78 Å². The molecule has 0 atom stereocenters. The average Bonchev–Trinajstić information content (AvgIpc) is 2.54. The summed E-state index contributed by atoms with van der Waals surface area (Å²) in [5.74, 6) is 0.0899. The molecule has 4 nitrogen and oxygen atoms in total. The van der Waals surface area contributed by atoms with Gasteiger partial charge in [-0.3, -0.25) is 10.1 Å². The Morgan fingerprint density at radius 2 is 1.54 bits per heavy atom. The summed E-state index contributed by atoms with van der Waals surface area (Å²) in [4.78, 5) is 24.0. The van der Waals surface area contributed by atoms with Crippen LogP contribution in [0.5, 0.6) is 0 Å². The van der Waals surface area contributed by atoms with Crippen molar-refractivity contribution in [2.75, 3.05) is 5.32 Å². The number of ether oxygens (including phenoxy) is 1. The van der Waals surface area contributed by atoms with Crippen LogP contribution in [-0.4, -0.2) is 11.9 Å². The molecule has 0 heterocycles. The van der Waals surface area contributed by atoms with Crippen LogP contribution in [0, 0.1) is 12.3 Å². The van der Waals surface area contributed by atoms with Crippen LogP contribution in [0.15, 0.2) is 48.5 Å². The summed E-state index contributed by atoms with van der Waals surface area (Å²) >= 11 is 0. The van der Waals surface area contributed by atoms with E-state index in [9.17, 15) is 9.59 Å². The lowest BCUT2D eigenvalue weighted by molar-refractivity contribution is 0.0858. The van der Waals surface area contributed by atoms with Crippen molar-refractivity contribution in [1.29, 1.82) is 0 Å². The van der Waals surface area contributed by atoms with E-state index in [1.165, 1.54) is 0 Å². The largest absolute Gasteiger partial charge is 0.444 e. The van der Waals surface area contributed by atoms with E-state index in [1.807, 2.05) is 52.0 Å². The van der Waals surface area contributed by atoms with Crippen molar-refractivity contribution in [3.05, 3.63) is 65.2 Å². The number of ketones is 1.